The van der Waals surface area contributed by atoms with Gasteiger partial charge in [0, 0.05) is 5.02 Å². The highest BCUT2D eigenvalue weighted by molar-refractivity contribution is 6.30. The van der Waals surface area contributed by atoms with E-state index in [1.807, 2.05) is 18.2 Å². The number of unbranched alkanes of at least 4 members (excludes halogenated alkanes) is 2. The normalized spacial score (nSPS) is 12.4. The summed E-state index contributed by atoms with van der Waals surface area (Å²) in [5, 5.41) is 0.686. The quantitative estimate of drug-likeness (QED) is 0.427. The second kappa shape index (κ2) is 8.34. The summed E-state index contributed by atoms with van der Waals surface area (Å²) in [7, 11) is 0. The molecule has 0 aromatic heterocycles. The Hall–Kier alpha value is -0.770. The Bertz CT molecular complexity index is 320. The molecule has 0 aliphatic rings. The third-order valence-electron chi connectivity index (χ3n) is 2.64. The van der Waals surface area contributed by atoms with Gasteiger partial charge in [0.1, 0.15) is 12.4 Å². The minimum atomic E-state index is 0.195. The summed E-state index contributed by atoms with van der Waals surface area (Å²) < 4.78 is 5.64. The summed E-state index contributed by atoms with van der Waals surface area (Å²) in [5.41, 5.74) is 2.79. The highest BCUT2D eigenvalue weighted by Gasteiger charge is 2.07. The number of hydrazine groups is 1. The fourth-order valence-electron chi connectivity index (χ4n) is 1.61. The lowest BCUT2D eigenvalue weighted by molar-refractivity contribution is 0.254. The Morgan fingerprint density at radius 3 is 2.88 bits per heavy atom. The Kier molecular flexibility index (Phi) is 7.01. The maximum atomic E-state index is 5.88. The van der Waals surface area contributed by atoms with Gasteiger partial charge in [-0.3, -0.25) is 11.3 Å². The van der Waals surface area contributed by atoms with Crippen LogP contribution < -0.4 is 16.0 Å². The highest BCUT2D eigenvalue weighted by atomic mass is 35.5. The summed E-state index contributed by atoms with van der Waals surface area (Å²) >= 11 is 5.88. The van der Waals surface area contributed by atoms with Gasteiger partial charge in [-0.2, -0.15) is 0 Å². The first kappa shape index (κ1) is 14.3. The topological polar surface area (TPSA) is 47.3 Å². The van der Waals surface area contributed by atoms with Crippen molar-refractivity contribution in [3.63, 3.8) is 0 Å². The lowest BCUT2D eigenvalue weighted by Crippen LogP contribution is -2.39. The number of nitrogens with one attached hydrogen (secondary N) is 1. The molecule has 1 aromatic rings. The summed E-state index contributed by atoms with van der Waals surface area (Å²) in [6.45, 7) is 2.76. The van der Waals surface area contributed by atoms with Crippen molar-refractivity contribution in [2.75, 3.05) is 6.61 Å². The van der Waals surface area contributed by atoms with Gasteiger partial charge in [-0.25, -0.2) is 0 Å². The van der Waals surface area contributed by atoms with E-state index in [2.05, 4.69) is 12.3 Å². The number of ether oxygens (including phenoxy) is 1. The molecule has 96 valence electrons. The predicted octanol–water partition coefficient (Wildman–Crippen LogP) is 3.13. The van der Waals surface area contributed by atoms with Crippen molar-refractivity contribution in [1.29, 1.82) is 0 Å². The average Bonchev–Trinajstić information content (AvgIpc) is 2.34. The van der Waals surface area contributed by atoms with Crippen molar-refractivity contribution in [2.24, 2.45) is 5.84 Å². The molecule has 0 saturated heterocycles. The van der Waals surface area contributed by atoms with E-state index in [4.69, 9.17) is 22.2 Å². The van der Waals surface area contributed by atoms with Crippen molar-refractivity contribution in [2.45, 2.75) is 38.6 Å². The molecule has 0 aliphatic carbocycles. The molecule has 0 amide bonds. The van der Waals surface area contributed by atoms with E-state index >= 15 is 0 Å². The van der Waals surface area contributed by atoms with Crippen molar-refractivity contribution < 1.29 is 4.74 Å². The van der Waals surface area contributed by atoms with Crippen LogP contribution in [0.25, 0.3) is 0 Å². The van der Waals surface area contributed by atoms with E-state index in [0.29, 0.717) is 11.6 Å². The van der Waals surface area contributed by atoms with E-state index in [1.165, 1.54) is 19.3 Å². The lowest BCUT2D eigenvalue weighted by atomic mass is 10.1. The van der Waals surface area contributed by atoms with Crippen LogP contribution in [0.1, 0.15) is 32.6 Å². The second-order valence-electron chi connectivity index (χ2n) is 4.13. The minimum absolute atomic E-state index is 0.195. The number of hydrogen-bond donors (Lipinski definition) is 2. The maximum Gasteiger partial charge on any atom is 0.120 e. The summed E-state index contributed by atoms with van der Waals surface area (Å²) in [5.74, 6) is 6.28. The van der Waals surface area contributed by atoms with E-state index in [9.17, 15) is 0 Å². The number of benzene rings is 1. The molecule has 0 spiro atoms. The van der Waals surface area contributed by atoms with Gasteiger partial charge in [-0.15, -0.1) is 0 Å². The summed E-state index contributed by atoms with van der Waals surface area (Å²) in [6.07, 6.45) is 4.65. The van der Waals surface area contributed by atoms with Crippen LogP contribution in [-0.4, -0.2) is 12.6 Å². The zero-order chi connectivity index (χ0) is 12.5. The van der Waals surface area contributed by atoms with Crippen LogP contribution in [-0.2, 0) is 0 Å². The van der Waals surface area contributed by atoms with Gasteiger partial charge in [0.25, 0.3) is 0 Å². The van der Waals surface area contributed by atoms with Crippen molar-refractivity contribution in [3.05, 3.63) is 29.3 Å². The van der Waals surface area contributed by atoms with Gasteiger partial charge in [-0.1, -0.05) is 43.9 Å². The molecule has 0 saturated carbocycles. The SMILES string of the molecule is CCCCCC(COc1cccc(Cl)c1)NN. The smallest absolute Gasteiger partial charge is 0.120 e. The molecule has 4 heteroatoms. The van der Waals surface area contributed by atoms with Crippen LogP contribution in [0, 0.1) is 0 Å². The largest absolute Gasteiger partial charge is 0.492 e. The van der Waals surface area contributed by atoms with E-state index in [1.54, 1.807) is 6.07 Å². The van der Waals surface area contributed by atoms with Crippen LogP contribution in [0.15, 0.2) is 24.3 Å². The second-order valence-corrected chi connectivity index (χ2v) is 4.56. The first-order valence-electron chi connectivity index (χ1n) is 6.10. The summed E-state index contributed by atoms with van der Waals surface area (Å²) in [6, 6.07) is 7.60. The first-order valence-corrected chi connectivity index (χ1v) is 6.48. The van der Waals surface area contributed by atoms with E-state index in [0.717, 1.165) is 12.2 Å². The zero-order valence-corrected chi connectivity index (χ0v) is 11.0. The molecule has 1 rings (SSSR count). The Morgan fingerprint density at radius 1 is 1.41 bits per heavy atom. The Labute approximate surface area is 108 Å². The maximum absolute atomic E-state index is 5.88. The number of nitrogens with two attached hydrogens (primary N) is 1. The van der Waals surface area contributed by atoms with Crippen molar-refractivity contribution >= 4 is 11.6 Å². The van der Waals surface area contributed by atoms with Crippen LogP contribution in [0.5, 0.6) is 5.75 Å². The van der Waals surface area contributed by atoms with Crippen molar-refractivity contribution in [3.8, 4) is 5.75 Å². The third-order valence-corrected chi connectivity index (χ3v) is 2.87. The van der Waals surface area contributed by atoms with Crippen LogP contribution in [0.2, 0.25) is 5.02 Å². The Balaban J connectivity index is 2.31. The molecular weight excluding hydrogens is 236 g/mol. The summed E-state index contributed by atoms with van der Waals surface area (Å²) in [4.78, 5) is 0. The number of rotatable bonds is 8. The van der Waals surface area contributed by atoms with Gasteiger partial charge >= 0.3 is 0 Å². The van der Waals surface area contributed by atoms with Crippen molar-refractivity contribution in [1.82, 2.24) is 5.43 Å². The van der Waals surface area contributed by atoms with Crippen LogP contribution in [0.3, 0.4) is 0 Å². The first-order chi connectivity index (χ1) is 8.26. The molecule has 17 heavy (non-hydrogen) atoms. The van der Waals surface area contributed by atoms with Gasteiger partial charge in [0.15, 0.2) is 0 Å². The van der Waals surface area contributed by atoms with E-state index < -0.39 is 0 Å². The fourth-order valence-corrected chi connectivity index (χ4v) is 1.79. The number of halogens is 1. The zero-order valence-electron chi connectivity index (χ0n) is 10.3. The van der Waals surface area contributed by atoms with Crippen LogP contribution in [0.4, 0.5) is 0 Å². The molecule has 0 fully saturated rings. The molecule has 1 atom stereocenters. The molecule has 3 nitrogen and oxygen atoms in total. The molecule has 3 N–H and O–H groups in total. The molecular formula is C13H21ClN2O. The number of hydrogen-bond acceptors (Lipinski definition) is 3. The highest BCUT2D eigenvalue weighted by Crippen LogP contribution is 2.17. The minimum Gasteiger partial charge on any atom is -0.492 e. The molecule has 0 heterocycles. The van der Waals surface area contributed by atoms with Gasteiger partial charge < -0.3 is 4.74 Å². The third kappa shape index (κ3) is 5.91. The molecule has 0 bridgehead atoms. The van der Waals surface area contributed by atoms with Gasteiger partial charge in [-0.05, 0) is 24.6 Å². The fraction of sp³-hybridized carbons (Fsp3) is 0.538. The van der Waals surface area contributed by atoms with Crippen LogP contribution >= 0.6 is 11.6 Å². The molecule has 0 aliphatic heterocycles. The van der Waals surface area contributed by atoms with Gasteiger partial charge in [0.2, 0.25) is 0 Å². The average molecular weight is 257 g/mol. The molecule has 1 unspecified atom stereocenters. The monoisotopic (exact) mass is 256 g/mol. The Morgan fingerprint density at radius 2 is 2.24 bits per heavy atom. The molecule has 0 radical (unpaired) electrons. The lowest BCUT2D eigenvalue weighted by Gasteiger charge is -2.16. The van der Waals surface area contributed by atoms with Gasteiger partial charge in [0.05, 0.1) is 6.04 Å². The molecule has 1 aromatic carbocycles. The standard InChI is InChI=1S/C13H21ClN2O/c1-2-3-4-7-12(16-15)10-17-13-8-5-6-11(14)9-13/h5-6,8-9,12,16H,2-4,7,10,15H2,1H3. The predicted molar refractivity (Wildman–Crippen MR) is 72.2 cm³/mol. The van der Waals surface area contributed by atoms with E-state index in [-0.39, 0.29) is 6.04 Å².